The molecule has 2 rings (SSSR count). The Morgan fingerprint density at radius 3 is 2.44 bits per heavy atom. The van der Waals surface area contributed by atoms with Gasteiger partial charge in [-0.3, -0.25) is 9.59 Å². The van der Waals surface area contributed by atoms with Gasteiger partial charge < -0.3 is 25.0 Å². The Balaban J connectivity index is 2.40. The molecule has 7 nitrogen and oxygen atoms in total. The Hall–Kier alpha value is -2.19. The van der Waals surface area contributed by atoms with Crippen molar-refractivity contribution in [2.75, 3.05) is 19.5 Å². The normalized spacial score (nSPS) is 30.2. The predicted octanol–water partition coefficient (Wildman–Crippen LogP) is 4.09. The van der Waals surface area contributed by atoms with E-state index in [1.807, 2.05) is 25.1 Å². The molecule has 0 spiro atoms. The topological polar surface area (TPSA) is 105 Å². The largest absolute Gasteiger partial charge is 0.495 e. The Morgan fingerprint density at radius 1 is 1.09 bits per heavy atom. The smallest absolute Gasteiger partial charge is 0.227 e. The molecule has 1 unspecified atom stereocenters. The van der Waals surface area contributed by atoms with Crippen LogP contribution < -0.4 is 10.1 Å². The number of carbonyl (C=O) groups is 2. The molecule has 0 saturated heterocycles. The van der Waals surface area contributed by atoms with Crippen LogP contribution in [0.4, 0.5) is 5.69 Å². The van der Waals surface area contributed by atoms with Gasteiger partial charge in [0.05, 0.1) is 31.4 Å². The summed E-state index contributed by atoms with van der Waals surface area (Å²) in [5, 5.41) is 24.1. The molecule has 34 heavy (non-hydrogen) atoms. The highest BCUT2D eigenvalue weighted by molar-refractivity contribution is 6.35. The van der Waals surface area contributed by atoms with Crippen LogP contribution in [0.5, 0.6) is 5.75 Å². The maximum atomic E-state index is 12.7. The second kappa shape index (κ2) is 13.0. The van der Waals surface area contributed by atoms with Crippen LogP contribution in [0.2, 0.25) is 5.02 Å². The van der Waals surface area contributed by atoms with E-state index in [2.05, 4.69) is 5.32 Å². The van der Waals surface area contributed by atoms with E-state index in [0.29, 0.717) is 29.9 Å². The maximum absolute atomic E-state index is 12.7. The number of hydrogen-bond acceptors (Lipinski definition) is 6. The molecule has 0 radical (unpaired) electrons. The van der Waals surface area contributed by atoms with Crippen molar-refractivity contribution in [1.29, 1.82) is 0 Å². The zero-order valence-corrected chi connectivity index (χ0v) is 21.3. The first kappa shape index (κ1) is 28.1. The van der Waals surface area contributed by atoms with Gasteiger partial charge in [-0.05, 0) is 49.0 Å². The average Bonchev–Trinajstić information content (AvgIpc) is 2.77. The maximum Gasteiger partial charge on any atom is 0.227 e. The van der Waals surface area contributed by atoms with E-state index in [-0.39, 0.29) is 29.6 Å². The minimum atomic E-state index is -1.05. The molecule has 5 atom stereocenters. The van der Waals surface area contributed by atoms with Crippen LogP contribution in [0.3, 0.4) is 0 Å². The number of amides is 1. The Morgan fingerprint density at radius 2 is 1.79 bits per heavy atom. The molecule has 1 aromatic rings. The molecular weight excluding hydrogens is 458 g/mol. The number of halogens is 1. The second-order valence-corrected chi connectivity index (χ2v) is 9.38. The number of Topliss-reactive ketones (excluding diaryl/α,β-unsaturated/α-hetero) is 1. The number of carbonyl (C=O) groups excluding carboxylic acids is 2. The fraction of sp³-hybridized carbons (Fsp3) is 0.538. The van der Waals surface area contributed by atoms with Crippen molar-refractivity contribution >= 4 is 29.0 Å². The Bertz CT molecular complexity index is 928. The predicted molar refractivity (Wildman–Crippen MR) is 133 cm³/mol. The summed E-state index contributed by atoms with van der Waals surface area (Å²) in [6.45, 7) is 5.49. The molecule has 1 aliphatic rings. The van der Waals surface area contributed by atoms with Crippen LogP contribution in [0.1, 0.15) is 45.6 Å². The van der Waals surface area contributed by atoms with Crippen molar-refractivity contribution < 1.29 is 29.3 Å². The molecule has 1 amide bonds. The van der Waals surface area contributed by atoms with Gasteiger partial charge in [-0.2, -0.15) is 0 Å². The van der Waals surface area contributed by atoms with E-state index >= 15 is 0 Å². The molecule has 0 aliphatic carbocycles. The lowest BCUT2D eigenvalue weighted by Crippen LogP contribution is -2.29. The van der Waals surface area contributed by atoms with Gasteiger partial charge in [-0.15, -0.1) is 0 Å². The summed E-state index contributed by atoms with van der Waals surface area (Å²) >= 11 is 6.42. The molecule has 0 aromatic heterocycles. The highest BCUT2D eigenvalue weighted by atomic mass is 35.5. The van der Waals surface area contributed by atoms with Crippen LogP contribution in [0.25, 0.3) is 0 Å². The van der Waals surface area contributed by atoms with Gasteiger partial charge in [0.25, 0.3) is 0 Å². The van der Waals surface area contributed by atoms with Crippen LogP contribution in [-0.4, -0.2) is 54.4 Å². The van der Waals surface area contributed by atoms with Crippen molar-refractivity contribution in [3.05, 3.63) is 46.5 Å². The number of allylic oxidation sites excluding steroid dienone is 1. The van der Waals surface area contributed by atoms with Gasteiger partial charge in [0.2, 0.25) is 5.91 Å². The molecule has 0 saturated carbocycles. The lowest BCUT2D eigenvalue weighted by molar-refractivity contribution is -0.131. The number of hydrogen-bond donors (Lipinski definition) is 3. The molecule has 1 heterocycles. The fourth-order valence-electron chi connectivity index (χ4n) is 3.94. The van der Waals surface area contributed by atoms with Crippen molar-refractivity contribution in [3.8, 4) is 5.75 Å². The van der Waals surface area contributed by atoms with Gasteiger partial charge in [0, 0.05) is 19.4 Å². The first-order chi connectivity index (χ1) is 16.0. The zero-order chi connectivity index (χ0) is 25.4. The third-order valence-corrected chi connectivity index (χ3v) is 6.45. The number of aliphatic hydroxyl groups is 2. The van der Waals surface area contributed by atoms with Gasteiger partial charge in [-0.1, -0.05) is 43.7 Å². The monoisotopic (exact) mass is 493 g/mol. The number of nitrogens with one attached hydrogen (secondary N) is 1. The van der Waals surface area contributed by atoms with E-state index < -0.39 is 30.1 Å². The molecule has 1 aromatic carbocycles. The highest BCUT2D eigenvalue weighted by Crippen LogP contribution is 2.35. The highest BCUT2D eigenvalue weighted by Gasteiger charge is 2.24. The number of anilines is 1. The van der Waals surface area contributed by atoms with E-state index in [0.717, 1.165) is 5.56 Å². The van der Waals surface area contributed by atoms with Gasteiger partial charge in [0.15, 0.2) is 5.78 Å². The number of ether oxygens (including phenoxy) is 2. The zero-order valence-electron chi connectivity index (χ0n) is 20.5. The van der Waals surface area contributed by atoms with Crippen molar-refractivity contribution in [1.82, 2.24) is 0 Å². The summed E-state index contributed by atoms with van der Waals surface area (Å²) in [5.74, 6) is -0.412. The van der Waals surface area contributed by atoms with Crippen LogP contribution >= 0.6 is 11.6 Å². The summed E-state index contributed by atoms with van der Waals surface area (Å²) < 4.78 is 10.8. The number of rotatable bonds is 2. The molecule has 0 fully saturated rings. The lowest BCUT2D eigenvalue weighted by atomic mass is 9.93. The second-order valence-electron chi connectivity index (χ2n) is 9.00. The molecule has 2 bridgehead atoms. The summed E-state index contributed by atoms with van der Waals surface area (Å²) in [4.78, 5) is 25.3. The number of ketones is 1. The summed E-state index contributed by atoms with van der Waals surface area (Å²) in [7, 11) is 2.99. The number of methoxy groups -OCH3 is 2. The number of benzene rings is 1. The van der Waals surface area contributed by atoms with Crippen LogP contribution in [-0.2, 0) is 20.7 Å². The molecular formula is C26H36ClNO6. The van der Waals surface area contributed by atoms with Crippen molar-refractivity contribution in [3.63, 3.8) is 0 Å². The molecule has 8 heteroatoms. The summed E-state index contributed by atoms with van der Waals surface area (Å²) in [6, 6.07) is 3.63. The van der Waals surface area contributed by atoms with Gasteiger partial charge in [-0.25, -0.2) is 0 Å². The number of aliphatic hydroxyl groups excluding tert-OH is 2. The molecule has 188 valence electrons. The Kier molecular flexibility index (Phi) is 10.8. The fourth-order valence-corrected chi connectivity index (χ4v) is 4.18. The SMILES string of the molecule is COc1cc2cc(c1Cl)NC(=O)C[C@H](O)/C(C)=C/[C@H](C)[C@@H](O)CC(=O)[C@H](OC)C/C=C/C(C)C2. The van der Waals surface area contributed by atoms with Gasteiger partial charge >= 0.3 is 0 Å². The quantitative estimate of drug-likeness (QED) is 0.536. The minimum Gasteiger partial charge on any atom is -0.495 e. The standard InChI is InChI=1S/C26H36ClNO6/c1-15-7-6-8-23(33-4)22(31)13-20(29)16(2)10-17(3)21(30)14-25(32)28-19-11-18(9-15)12-24(34-5)26(19)27/h6-7,10-12,15-16,20-21,23,29-30H,8-9,13-14H2,1-5H3,(H,28,32)/b7-6+,17-10+/t15?,16-,20-,21-,23+/m0/s1. The first-order valence-corrected chi connectivity index (χ1v) is 11.9. The number of fused-ring (bicyclic) bond motifs is 2. The van der Waals surface area contributed by atoms with E-state index in [1.54, 1.807) is 26.0 Å². The molecule has 3 N–H and O–H groups in total. The summed E-state index contributed by atoms with van der Waals surface area (Å²) in [6.07, 6.45) is 3.79. The summed E-state index contributed by atoms with van der Waals surface area (Å²) in [5.41, 5.74) is 1.86. The van der Waals surface area contributed by atoms with Crippen molar-refractivity contribution in [2.45, 2.75) is 64.8 Å². The first-order valence-electron chi connectivity index (χ1n) is 11.5. The van der Waals surface area contributed by atoms with Crippen LogP contribution in [0, 0.1) is 11.8 Å². The molecule has 1 aliphatic heterocycles. The minimum absolute atomic E-state index is 0.0619. The van der Waals surface area contributed by atoms with Crippen molar-refractivity contribution in [2.24, 2.45) is 11.8 Å². The van der Waals surface area contributed by atoms with Gasteiger partial charge in [0.1, 0.15) is 16.9 Å². The van der Waals surface area contributed by atoms with E-state index in [1.165, 1.54) is 14.2 Å². The third-order valence-electron chi connectivity index (χ3n) is 6.06. The lowest BCUT2D eigenvalue weighted by Gasteiger charge is -2.20. The average molecular weight is 494 g/mol. The van der Waals surface area contributed by atoms with E-state index in [4.69, 9.17) is 21.1 Å². The van der Waals surface area contributed by atoms with E-state index in [9.17, 15) is 19.8 Å². The Labute approximate surface area is 206 Å². The third kappa shape index (κ3) is 7.94. The van der Waals surface area contributed by atoms with Crippen LogP contribution in [0.15, 0.2) is 35.9 Å².